The maximum absolute atomic E-state index is 11.4. The predicted octanol–water partition coefficient (Wildman–Crippen LogP) is 1.10. The summed E-state index contributed by atoms with van der Waals surface area (Å²) in [4.78, 5) is 16.2. The van der Waals surface area contributed by atoms with Gasteiger partial charge in [-0.1, -0.05) is 13.8 Å². The van der Waals surface area contributed by atoms with Crippen molar-refractivity contribution >= 4 is 5.97 Å². The first-order valence-corrected chi connectivity index (χ1v) is 7.67. The Kier molecular flexibility index (Phi) is 6.43. The number of hydrogen-bond donors (Lipinski definition) is 2. The van der Waals surface area contributed by atoms with Crippen LogP contribution in [0.2, 0.25) is 0 Å². The van der Waals surface area contributed by atoms with Crippen molar-refractivity contribution in [2.45, 2.75) is 44.7 Å². The van der Waals surface area contributed by atoms with Crippen molar-refractivity contribution in [2.75, 3.05) is 40.8 Å². The quantitative estimate of drug-likeness (QED) is 0.699. The van der Waals surface area contributed by atoms with Gasteiger partial charge in [0.25, 0.3) is 0 Å². The summed E-state index contributed by atoms with van der Waals surface area (Å²) in [6.45, 7) is 7.44. The van der Waals surface area contributed by atoms with Crippen LogP contribution in [0.4, 0.5) is 0 Å². The third kappa shape index (κ3) is 3.93. The lowest BCUT2D eigenvalue weighted by molar-refractivity contribution is -0.145. The highest BCUT2D eigenvalue weighted by molar-refractivity contribution is 5.78. The molecule has 118 valence electrons. The van der Waals surface area contributed by atoms with E-state index in [1.165, 1.54) is 0 Å². The van der Waals surface area contributed by atoms with E-state index in [2.05, 4.69) is 36.1 Å². The van der Waals surface area contributed by atoms with E-state index in [9.17, 15) is 9.90 Å². The summed E-state index contributed by atoms with van der Waals surface area (Å²) >= 11 is 0. The maximum atomic E-state index is 11.4. The second-order valence-electron chi connectivity index (χ2n) is 6.36. The Morgan fingerprint density at radius 2 is 2.10 bits per heavy atom. The zero-order chi connectivity index (χ0) is 15.3. The average molecular weight is 285 g/mol. The average Bonchev–Trinajstić information content (AvgIpc) is 2.76. The van der Waals surface area contributed by atoms with Gasteiger partial charge in [0.15, 0.2) is 0 Å². The topological polar surface area (TPSA) is 55.8 Å². The fourth-order valence-electron chi connectivity index (χ4n) is 3.35. The van der Waals surface area contributed by atoms with E-state index in [1.54, 1.807) is 7.05 Å². The molecule has 0 aliphatic carbocycles. The van der Waals surface area contributed by atoms with Gasteiger partial charge in [0.2, 0.25) is 0 Å². The van der Waals surface area contributed by atoms with E-state index in [4.69, 9.17) is 0 Å². The van der Waals surface area contributed by atoms with Crippen LogP contribution >= 0.6 is 0 Å². The third-order valence-electron chi connectivity index (χ3n) is 4.88. The molecule has 20 heavy (non-hydrogen) atoms. The molecule has 0 bridgehead atoms. The Balaban J connectivity index is 2.43. The van der Waals surface area contributed by atoms with Crippen LogP contribution in [0, 0.1) is 5.92 Å². The minimum atomic E-state index is -0.758. The third-order valence-corrected chi connectivity index (χ3v) is 4.88. The Morgan fingerprint density at radius 3 is 2.50 bits per heavy atom. The largest absolute Gasteiger partial charge is 0.480 e. The molecule has 0 spiro atoms. The molecule has 1 heterocycles. The second-order valence-corrected chi connectivity index (χ2v) is 6.36. The van der Waals surface area contributed by atoms with Crippen molar-refractivity contribution < 1.29 is 9.90 Å². The molecular formula is C15H31N3O2. The zero-order valence-corrected chi connectivity index (χ0v) is 13.6. The fourth-order valence-corrected chi connectivity index (χ4v) is 3.35. The van der Waals surface area contributed by atoms with Gasteiger partial charge in [0, 0.05) is 19.1 Å². The molecule has 1 rings (SSSR count). The monoisotopic (exact) mass is 285 g/mol. The smallest absolute Gasteiger partial charge is 0.323 e. The number of hydrogen-bond acceptors (Lipinski definition) is 4. The zero-order valence-electron chi connectivity index (χ0n) is 13.6. The van der Waals surface area contributed by atoms with Crippen LogP contribution in [-0.4, -0.2) is 73.2 Å². The molecular weight excluding hydrogens is 254 g/mol. The van der Waals surface area contributed by atoms with Crippen molar-refractivity contribution in [2.24, 2.45) is 5.92 Å². The maximum Gasteiger partial charge on any atom is 0.323 e. The summed E-state index contributed by atoms with van der Waals surface area (Å²) in [6.07, 6.45) is 2.23. The minimum Gasteiger partial charge on any atom is -0.480 e. The molecule has 0 saturated carbocycles. The van der Waals surface area contributed by atoms with Gasteiger partial charge in [-0.15, -0.1) is 0 Å². The van der Waals surface area contributed by atoms with Crippen molar-refractivity contribution in [1.29, 1.82) is 0 Å². The molecule has 1 aliphatic rings. The van der Waals surface area contributed by atoms with Crippen LogP contribution < -0.4 is 5.32 Å². The number of likely N-dealkylation sites (N-methyl/N-ethyl adjacent to an activating group) is 2. The SMILES string of the molecule is CCC(CCCN1CC(C)C(N(C)C)C1)(NC)C(=O)O. The molecule has 1 fully saturated rings. The van der Waals surface area contributed by atoms with E-state index in [-0.39, 0.29) is 0 Å². The van der Waals surface area contributed by atoms with Gasteiger partial charge in [-0.05, 0) is 52.9 Å². The van der Waals surface area contributed by atoms with Gasteiger partial charge in [-0.25, -0.2) is 0 Å². The van der Waals surface area contributed by atoms with Gasteiger partial charge in [0.05, 0.1) is 0 Å². The standard InChI is InChI=1S/C15H31N3O2/c1-6-15(16-3,14(19)20)8-7-9-18-10-12(2)13(11-18)17(4)5/h12-13,16H,6-11H2,1-5H3,(H,19,20). The number of carboxylic acid groups (broad SMARTS) is 1. The molecule has 0 radical (unpaired) electrons. The van der Waals surface area contributed by atoms with Crippen LogP contribution in [0.25, 0.3) is 0 Å². The highest BCUT2D eigenvalue weighted by atomic mass is 16.4. The first kappa shape index (κ1) is 17.4. The number of carbonyl (C=O) groups is 1. The Morgan fingerprint density at radius 1 is 1.45 bits per heavy atom. The molecule has 3 unspecified atom stereocenters. The van der Waals surface area contributed by atoms with Crippen LogP contribution in [0.5, 0.6) is 0 Å². The first-order valence-electron chi connectivity index (χ1n) is 7.67. The van der Waals surface area contributed by atoms with E-state index >= 15 is 0 Å². The Bertz CT molecular complexity index is 316. The van der Waals surface area contributed by atoms with Gasteiger partial charge in [-0.3, -0.25) is 4.79 Å². The van der Waals surface area contributed by atoms with Gasteiger partial charge in [0.1, 0.15) is 5.54 Å². The number of aliphatic carboxylic acids is 1. The summed E-state index contributed by atoms with van der Waals surface area (Å²) in [6, 6.07) is 0.620. The molecule has 5 nitrogen and oxygen atoms in total. The van der Waals surface area contributed by atoms with E-state index in [1.807, 2.05) is 6.92 Å². The van der Waals surface area contributed by atoms with E-state index < -0.39 is 11.5 Å². The van der Waals surface area contributed by atoms with Crippen molar-refractivity contribution in [3.63, 3.8) is 0 Å². The van der Waals surface area contributed by atoms with E-state index in [0.29, 0.717) is 24.8 Å². The summed E-state index contributed by atoms with van der Waals surface area (Å²) in [5.74, 6) is -0.0480. The van der Waals surface area contributed by atoms with Crippen molar-refractivity contribution in [1.82, 2.24) is 15.1 Å². The molecule has 2 N–H and O–H groups in total. The van der Waals surface area contributed by atoms with Crippen LogP contribution in [-0.2, 0) is 4.79 Å². The summed E-state index contributed by atoms with van der Waals surface area (Å²) < 4.78 is 0. The number of rotatable bonds is 8. The number of carboxylic acids is 1. The molecule has 0 aromatic heterocycles. The number of nitrogens with one attached hydrogen (secondary N) is 1. The normalized spacial score (nSPS) is 26.9. The van der Waals surface area contributed by atoms with Crippen LogP contribution in [0.15, 0.2) is 0 Å². The van der Waals surface area contributed by atoms with Gasteiger partial charge < -0.3 is 20.2 Å². The lowest BCUT2D eigenvalue weighted by atomic mass is 9.90. The fraction of sp³-hybridized carbons (Fsp3) is 0.933. The molecule has 5 heteroatoms. The lowest BCUT2D eigenvalue weighted by Crippen LogP contribution is -2.50. The van der Waals surface area contributed by atoms with Crippen molar-refractivity contribution in [3.8, 4) is 0 Å². The molecule has 0 amide bonds. The first-order chi connectivity index (χ1) is 9.36. The number of likely N-dealkylation sites (tertiary alicyclic amines) is 1. The summed E-state index contributed by atoms with van der Waals surface area (Å²) in [5, 5.41) is 12.4. The summed E-state index contributed by atoms with van der Waals surface area (Å²) in [5.41, 5.74) is -0.758. The highest BCUT2D eigenvalue weighted by Crippen LogP contribution is 2.22. The Hall–Kier alpha value is -0.650. The van der Waals surface area contributed by atoms with Crippen LogP contribution in [0.1, 0.15) is 33.1 Å². The molecule has 0 aromatic rings. The lowest BCUT2D eigenvalue weighted by Gasteiger charge is -2.28. The molecule has 3 atom stereocenters. The molecule has 1 saturated heterocycles. The van der Waals surface area contributed by atoms with Gasteiger partial charge in [-0.2, -0.15) is 0 Å². The highest BCUT2D eigenvalue weighted by Gasteiger charge is 2.35. The molecule has 1 aliphatic heterocycles. The van der Waals surface area contributed by atoms with Gasteiger partial charge >= 0.3 is 5.97 Å². The van der Waals surface area contributed by atoms with Crippen molar-refractivity contribution in [3.05, 3.63) is 0 Å². The predicted molar refractivity (Wildman–Crippen MR) is 82.0 cm³/mol. The Labute approximate surface area is 123 Å². The number of nitrogens with zero attached hydrogens (tertiary/aromatic N) is 2. The van der Waals surface area contributed by atoms with E-state index in [0.717, 1.165) is 26.1 Å². The van der Waals surface area contributed by atoms with Crippen LogP contribution in [0.3, 0.4) is 0 Å². The molecule has 0 aromatic carbocycles. The summed E-state index contributed by atoms with van der Waals surface area (Å²) in [7, 11) is 6.02. The minimum absolute atomic E-state index is 0.620. The second kappa shape index (κ2) is 7.38.